The summed E-state index contributed by atoms with van der Waals surface area (Å²) < 4.78 is 24.0. The molecule has 1 aromatic rings. The van der Waals surface area contributed by atoms with Crippen LogP contribution in [0.2, 0.25) is 0 Å². The van der Waals surface area contributed by atoms with Crippen LogP contribution in [-0.2, 0) is 25.5 Å². The molecule has 5 nitrogen and oxygen atoms in total. The SMILES string of the molecule is COC(=O)C=Cc1ccc(F)cc1C[C@H]1C2CCC(O2)[C@@H]1C(=O)O. The van der Waals surface area contributed by atoms with E-state index in [-0.39, 0.29) is 18.1 Å². The van der Waals surface area contributed by atoms with Crippen LogP contribution in [0.15, 0.2) is 24.3 Å². The third kappa shape index (κ3) is 3.19. The number of hydrogen-bond acceptors (Lipinski definition) is 4. The molecule has 6 heteroatoms. The smallest absolute Gasteiger partial charge is 0.330 e. The number of carbonyl (C=O) groups excluding carboxylic acids is 1. The van der Waals surface area contributed by atoms with E-state index >= 15 is 0 Å². The molecule has 1 aromatic carbocycles. The lowest BCUT2D eigenvalue weighted by Crippen LogP contribution is -2.34. The second kappa shape index (κ2) is 6.73. The molecule has 0 aromatic heterocycles. The van der Waals surface area contributed by atoms with E-state index in [0.29, 0.717) is 17.5 Å². The first-order chi connectivity index (χ1) is 11.5. The predicted octanol–water partition coefficient (Wildman–Crippen LogP) is 2.43. The van der Waals surface area contributed by atoms with Crippen molar-refractivity contribution in [2.24, 2.45) is 11.8 Å². The van der Waals surface area contributed by atoms with Crippen molar-refractivity contribution >= 4 is 18.0 Å². The van der Waals surface area contributed by atoms with Gasteiger partial charge in [-0.1, -0.05) is 6.07 Å². The number of fused-ring (bicyclic) bond motifs is 2. The Kier molecular flexibility index (Phi) is 4.66. The first-order valence-corrected chi connectivity index (χ1v) is 7.92. The fourth-order valence-electron chi connectivity index (χ4n) is 3.77. The maximum atomic E-state index is 13.7. The molecule has 1 N–H and O–H groups in total. The molecule has 3 rings (SSSR count). The van der Waals surface area contributed by atoms with E-state index in [1.54, 1.807) is 12.1 Å². The molecular formula is C18H19FO5. The van der Waals surface area contributed by atoms with Crippen molar-refractivity contribution in [1.29, 1.82) is 0 Å². The van der Waals surface area contributed by atoms with Crippen molar-refractivity contribution in [3.05, 3.63) is 41.2 Å². The van der Waals surface area contributed by atoms with Gasteiger partial charge in [0.15, 0.2) is 0 Å². The van der Waals surface area contributed by atoms with Crippen LogP contribution >= 0.6 is 0 Å². The molecule has 2 aliphatic heterocycles. The lowest BCUT2D eigenvalue weighted by atomic mass is 9.75. The molecular weight excluding hydrogens is 315 g/mol. The maximum absolute atomic E-state index is 13.7. The van der Waals surface area contributed by atoms with Crippen molar-refractivity contribution in [2.45, 2.75) is 31.5 Å². The first kappa shape index (κ1) is 16.6. The van der Waals surface area contributed by atoms with Crippen LogP contribution in [0.1, 0.15) is 24.0 Å². The normalized spacial score (nSPS) is 28.4. The lowest BCUT2D eigenvalue weighted by Gasteiger charge is -2.25. The number of rotatable bonds is 5. The van der Waals surface area contributed by atoms with Crippen molar-refractivity contribution in [3.8, 4) is 0 Å². The van der Waals surface area contributed by atoms with Gasteiger partial charge in [0, 0.05) is 12.0 Å². The van der Waals surface area contributed by atoms with Gasteiger partial charge < -0.3 is 14.6 Å². The highest BCUT2D eigenvalue weighted by molar-refractivity contribution is 5.87. The number of esters is 1. The van der Waals surface area contributed by atoms with Crippen LogP contribution in [0.4, 0.5) is 4.39 Å². The number of aliphatic carboxylic acids is 1. The molecule has 2 bridgehead atoms. The predicted molar refractivity (Wildman–Crippen MR) is 83.7 cm³/mol. The fourth-order valence-corrected chi connectivity index (χ4v) is 3.77. The van der Waals surface area contributed by atoms with E-state index in [1.165, 1.54) is 25.3 Å². The van der Waals surface area contributed by atoms with Crippen LogP contribution in [0.5, 0.6) is 0 Å². The van der Waals surface area contributed by atoms with Gasteiger partial charge in [-0.2, -0.15) is 0 Å². The molecule has 2 fully saturated rings. The number of ether oxygens (including phenoxy) is 2. The van der Waals surface area contributed by atoms with Gasteiger partial charge in [0.05, 0.1) is 25.2 Å². The summed E-state index contributed by atoms with van der Waals surface area (Å²) in [5.74, 6) is -2.51. The molecule has 128 valence electrons. The molecule has 2 aliphatic rings. The van der Waals surface area contributed by atoms with Gasteiger partial charge in [-0.05, 0) is 48.6 Å². The second-order valence-corrected chi connectivity index (χ2v) is 6.22. The number of hydrogen-bond donors (Lipinski definition) is 1. The Labute approximate surface area is 139 Å². The van der Waals surface area contributed by atoms with Gasteiger partial charge in [-0.3, -0.25) is 4.79 Å². The average molecular weight is 334 g/mol. The number of carbonyl (C=O) groups is 2. The highest BCUT2D eigenvalue weighted by atomic mass is 19.1. The van der Waals surface area contributed by atoms with Gasteiger partial charge >= 0.3 is 11.9 Å². The standard InChI is InChI=1S/C18H19FO5/c1-23-16(20)7-3-10-2-4-12(19)8-11(10)9-13-14-5-6-15(24-14)17(13)18(21)22/h2-4,7-8,13-15,17H,5-6,9H2,1H3,(H,21,22)/t13-,14?,15?,17+/m0/s1. The van der Waals surface area contributed by atoms with Gasteiger partial charge in [-0.25, -0.2) is 9.18 Å². The van der Waals surface area contributed by atoms with Crippen LogP contribution in [0, 0.1) is 17.7 Å². The second-order valence-electron chi connectivity index (χ2n) is 6.22. The third-order valence-electron chi connectivity index (χ3n) is 4.87. The largest absolute Gasteiger partial charge is 0.481 e. The summed E-state index contributed by atoms with van der Waals surface area (Å²) in [6.07, 6.45) is 4.47. The van der Waals surface area contributed by atoms with Crippen LogP contribution in [0.3, 0.4) is 0 Å². The highest BCUT2D eigenvalue weighted by Gasteiger charge is 2.52. The molecule has 2 saturated heterocycles. The Morgan fingerprint density at radius 3 is 2.83 bits per heavy atom. The highest BCUT2D eigenvalue weighted by Crippen LogP contribution is 2.45. The van der Waals surface area contributed by atoms with Gasteiger partial charge in [0.1, 0.15) is 5.82 Å². The van der Waals surface area contributed by atoms with Crippen molar-refractivity contribution in [1.82, 2.24) is 0 Å². The zero-order valence-corrected chi connectivity index (χ0v) is 13.3. The average Bonchev–Trinajstić information content (AvgIpc) is 3.15. The number of carboxylic acid groups (broad SMARTS) is 1. The zero-order chi connectivity index (χ0) is 17.3. The lowest BCUT2D eigenvalue weighted by molar-refractivity contribution is -0.144. The van der Waals surface area contributed by atoms with Crippen molar-refractivity contribution in [3.63, 3.8) is 0 Å². The van der Waals surface area contributed by atoms with E-state index in [4.69, 9.17) is 4.74 Å². The van der Waals surface area contributed by atoms with E-state index < -0.39 is 23.7 Å². The summed E-state index contributed by atoms with van der Waals surface area (Å²) in [6.45, 7) is 0. The van der Waals surface area contributed by atoms with Crippen molar-refractivity contribution < 1.29 is 28.6 Å². The third-order valence-corrected chi connectivity index (χ3v) is 4.87. The minimum absolute atomic E-state index is 0.100. The molecule has 24 heavy (non-hydrogen) atoms. The molecule has 0 radical (unpaired) electrons. The monoisotopic (exact) mass is 334 g/mol. The van der Waals surface area contributed by atoms with Gasteiger partial charge in [0.25, 0.3) is 0 Å². The van der Waals surface area contributed by atoms with E-state index in [2.05, 4.69) is 4.74 Å². The quantitative estimate of drug-likeness (QED) is 0.661. The number of halogens is 1. The Morgan fingerprint density at radius 1 is 1.38 bits per heavy atom. The van der Waals surface area contributed by atoms with Crippen LogP contribution in [0.25, 0.3) is 6.08 Å². The zero-order valence-electron chi connectivity index (χ0n) is 13.3. The number of carboxylic acids is 1. The van der Waals surface area contributed by atoms with Gasteiger partial charge in [-0.15, -0.1) is 0 Å². The summed E-state index contributed by atoms with van der Waals surface area (Å²) in [5.41, 5.74) is 1.34. The number of methoxy groups -OCH3 is 1. The van der Waals surface area contributed by atoms with Crippen LogP contribution < -0.4 is 0 Å². The first-order valence-electron chi connectivity index (χ1n) is 7.92. The van der Waals surface area contributed by atoms with Crippen LogP contribution in [-0.4, -0.2) is 36.4 Å². The summed E-state index contributed by atoms with van der Waals surface area (Å²) in [4.78, 5) is 22.8. The molecule has 4 atom stereocenters. The topological polar surface area (TPSA) is 72.8 Å². The van der Waals surface area contributed by atoms with E-state index in [0.717, 1.165) is 12.8 Å². The minimum atomic E-state index is -0.866. The van der Waals surface area contributed by atoms with E-state index in [1.807, 2.05) is 0 Å². The van der Waals surface area contributed by atoms with Crippen molar-refractivity contribution in [2.75, 3.05) is 7.11 Å². The molecule has 0 saturated carbocycles. The Bertz CT molecular complexity index is 684. The minimum Gasteiger partial charge on any atom is -0.481 e. The molecule has 0 aliphatic carbocycles. The Morgan fingerprint density at radius 2 is 2.12 bits per heavy atom. The summed E-state index contributed by atoms with van der Waals surface area (Å²) >= 11 is 0. The fraction of sp³-hybridized carbons (Fsp3) is 0.444. The number of benzene rings is 1. The maximum Gasteiger partial charge on any atom is 0.330 e. The molecule has 2 unspecified atom stereocenters. The Balaban J connectivity index is 1.86. The summed E-state index contributed by atoms with van der Waals surface area (Å²) in [5, 5.41) is 9.49. The molecule has 0 amide bonds. The molecule has 0 spiro atoms. The Hall–Kier alpha value is -2.21. The molecule has 2 heterocycles. The summed E-state index contributed by atoms with van der Waals surface area (Å²) in [7, 11) is 1.28. The van der Waals surface area contributed by atoms with E-state index in [9.17, 15) is 19.1 Å². The van der Waals surface area contributed by atoms with Gasteiger partial charge in [0.2, 0.25) is 0 Å². The summed E-state index contributed by atoms with van der Waals surface area (Å²) in [6, 6.07) is 4.28.